The first kappa shape index (κ1) is 18.4. The third kappa shape index (κ3) is 4.04. The number of sulfonamides is 1. The van der Waals surface area contributed by atoms with Crippen molar-refractivity contribution >= 4 is 37.4 Å². The fourth-order valence-electron chi connectivity index (χ4n) is 2.45. The van der Waals surface area contributed by atoms with Crippen molar-refractivity contribution in [3.8, 4) is 5.75 Å². The predicted molar refractivity (Wildman–Crippen MR) is 100 cm³/mol. The molecular formula is C18H17NO5S2. The summed E-state index contributed by atoms with van der Waals surface area (Å²) in [5.41, 5.74) is 0.912. The molecule has 0 unspecified atom stereocenters. The molecule has 0 spiro atoms. The monoisotopic (exact) mass is 391 g/mol. The SMILES string of the molecule is Cc1c(C(=O)OCCOc2ccc(S(N)(=O)=O)cc2)sc2ccccc12. The number of carbonyl (C=O) groups excluding carboxylic acids is 1. The number of benzene rings is 2. The standard InChI is InChI=1S/C18H17NO5S2/c1-12-15-4-2-3-5-16(15)25-17(12)18(20)24-11-10-23-13-6-8-14(9-7-13)26(19,21)22/h2-9H,10-11H2,1H3,(H2,19,21,22). The second kappa shape index (κ2) is 7.45. The minimum absolute atomic E-state index is 0.0107. The van der Waals surface area contributed by atoms with Crippen LogP contribution in [0.5, 0.6) is 5.75 Å². The van der Waals surface area contributed by atoms with E-state index >= 15 is 0 Å². The number of ether oxygens (including phenoxy) is 2. The zero-order chi connectivity index (χ0) is 18.7. The summed E-state index contributed by atoms with van der Waals surface area (Å²) in [6.07, 6.45) is 0. The smallest absolute Gasteiger partial charge is 0.348 e. The number of rotatable bonds is 6. The van der Waals surface area contributed by atoms with Crippen LogP contribution in [0.3, 0.4) is 0 Å². The molecule has 2 N–H and O–H groups in total. The van der Waals surface area contributed by atoms with Crippen molar-refractivity contribution in [1.29, 1.82) is 0 Å². The molecule has 0 saturated carbocycles. The summed E-state index contributed by atoms with van der Waals surface area (Å²) < 4.78 is 34.1. The molecule has 0 aliphatic rings. The average molecular weight is 391 g/mol. The van der Waals surface area contributed by atoms with Gasteiger partial charge < -0.3 is 9.47 Å². The van der Waals surface area contributed by atoms with E-state index in [0.29, 0.717) is 10.6 Å². The van der Waals surface area contributed by atoms with E-state index in [1.54, 1.807) is 0 Å². The number of aryl methyl sites for hydroxylation is 1. The van der Waals surface area contributed by atoms with E-state index in [1.165, 1.54) is 35.6 Å². The molecule has 0 radical (unpaired) electrons. The fraction of sp³-hybridized carbons (Fsp3) is 0.167. The lowest BCUT2D eigenvalue weighted by molar-refractivity contribution is 0.0455. The quantitative estimate of drug-likeness (QED) is 0.515. The largest absolute Gasteiger partial charge is 0.490 e. The number of carbonyl (C=O) groups is 1. The van der Waals surface area contributed by atoms with Crippen LogP contribution < -0.4 is 9.88 Å². The normalized spacial score (nSPS) is 11.5. The first-order valence-corrected chi connectivity index (χ1v) is 10.1. The zero-order valence-corrected chi connectivity index (χ0v) is 15.6. The van der Waals surface area contributed by atoms with Gasteiger partial charge in [-0.25, -0.2) is 18.4 Å². The van der Waals surface area contributed by atoms with Crippen LogP contribution in [-0.2, 0) is 14.8 Å². The van der Waals surface area contributed by atoms with Gasteiger partial charge in [0.05, 0.1) is 4.90 Å². The molecule has 0 amide bonds. The molecule has 0 bridgehead atoms. The Balaban J connectivity index is 1.54. The molecule has 0 fully saturated rings. The van der Waals surface area contributed by atoms with Gasteiger partial charge in [-0.3, -0.25) is 0 Å². The van der Waals surface area contributed by atoms with Crippen molar-refractivity contribution in [3.63, 3.8) is 0 Å². The first-order chi connectivity index (χ1) is 12.4. The molecule has 6 nitrogen and oxygen atoms in total. The lowest BCUT2D eigenvalue weighted by Crippen LogP contribution is -2.13. The highest BCUT2D eigenvalue weighted by Crippen LogP contribution is 2.30. The maximum absolute atomic E-state index is 12.3. The maximum atomic E-state index is 12.3. The number of fused-ring (bicyclic) bond motifs is 1. The Hall–Kier alpha value is -2.42. The maximum Gasteiger partial charge on any atom is 0.348 e. The average Bonchev–Trinajstić information content (AvgIpc) is 2.95. The lowest BCUT2D eigenvalue weighted by atomic mass is 10.1. The Morgan fingerprint density at radius 1 is 1.08 bits per heavy atom. The van der Waals surface area contributed by atoms with Gasteiger partial charge >= 0.3 is 5.97 Å². The van der Waals surface area contributed by atoms with Crippen LogP contribution in [0.1, 0.15) is 15.2 Å². The molecule has 26 heavy (non-hydrogen) atoms. The fourth-order valence-corrected chi connectivity index (χ4v) is 4.07. The Morgan fingerprint density at radius 2 is 1.77 bits per heavy atom. The van der Waals surface area contributed by atoms with Gasteiger partial charge in [-0.2, -0.15) is 0 Å². The van der Waals surface area contributed by atoms with Crippen LogP contribution in [0.4, 0.5) is 0 Å². The van der Waals surface area contributed by atoms with Crippen molar-refractivity contribution in [2.75, 3.05) is 13.2 Å². The molecular weight excluding hydrogens is 374 g/mol. The summed E-state index contributed by atoms with van der Waals surface area (Å²) in [6, 6.07) is 13.5. The lowest BCUT2D eigenvalue weighted by Gasteiger charge is -2.07. The Kier molecular flexibility index (Phi) is 5.26. The summed E-state index contributed by atoms with van der Waals surface area (Å²) in [4.78, 5) is 12.9. The molecule has 136 valence electrons. The number of esters is 1. The third-order valence-corrected chi connectivity index (χ3v) is 5.95. The Labute approximate surface area is 155 Å². The van der Waals surface area contributed by atoms with Gasteiger partial charge in [0.1, 0.15) is 23.8 Å². The van der Waals surface area contributed by atoms with Crippen LogP contribution in [0.2, 0.25) is 0 Å². The van der Waals surface area contributed by atoms with Crippen molar-refractivity contribution < 1.29 is 22.7 Å². The third-order valence-electron chi connectivity index (χ3n) is 3.77. The molecule has 0 atom stereocenters. The van der Waals surface area contributed by atoms with E-state index in [4.69, 9.17) is 14.6 Å². The van der Waals surface area contributed by atoms with Crippen molar-refractivity contribution in [2.24, 2.45) is 5.14 Å². The van der Waals surface area contributed by atoms with E-state index < -0.39 is 10.0 Å². The molecule has 1 heterocycles. The summed E-state index contributed by atoms with van der Waals surface area (Å²) in [5, 5.41) is 6.08. The molecule has 1 aromatic heterocycles. The van der Waals surface area contributed by atoms with Gasteiger partial charge in [0.15, 0.2) is 0 Å². The summed E-state index contributed by atoms with van der Waals surface area (Å²) in [5.74, 6) is 0.0864. The van der Waals surface area contributed by atoms with E-state index in [0.717, 1.165) is 15.6 Å². The van der Waals surface area contributed by atoms with Crippen molar-refractivity contribution in [3.05, 3.63) is 59.0 Å². The second-order valence-corrected chi connectivity index (χ2v) is 8.17. The van der Waals surface area contributed by atoms with E-state index in [9.17, 15) is 13.2 Å². The topological polar surface area (TPSA) is 95.7 Å². The molecule has 8 heteroatoms. The van der Waals surface area contributed by atoms with Gasteiger partial charge in [0.25, 0.3) is 0 Å². The van der Waals surface area contributed by atoms with Crippen LogP contribution in [0, 0.1) is 6.92 Å². The van der Waals surface area contributed by atoms with Gasteiger partial charge in [-0.1, -0.05) is 18.2 Å². The first-order valence-electron chi connectivity index (χ1n) is 7.77. The van der Waals surface area contributed by atoms with Gasteiger partial charge in [0, 0.05) is 4.70 Å². The van der Waals surface area contributed by atoms with E-state index in [-0.39, 0.29) is 24.1 Å². The zero-order valence-electron chi connectivity index (χ0n) is 14.0. The molecule has 3 rings (SSSR count). The van der Waals surface area contributed by atoms with Crippen LogP contribution >= 0.6 is 11.3 Å². The minimum Gasteiger partial charge on any atom is -0.490 e. The highest BCUT2D eigenvalue weighted by Gasteiger charge is 2.16. The minimum atomic E-state index is -3.73. The van der Waals surface area contributed by atoms with Crippen LogP contribution in [0.15, 0.2) is 53.4 Å². The van der Waals surface area contributed by atoms with Crippen LogP contribution in [0.25, 0.3) is 10.1 Å². The number of hydrogen-bond acceptors (Lipinski definition) is 6. The molecule has 0 saturated heterocycles. The van der Waals surface area contributed by atoms with E-state index in [2.05, 4.69) is 0 Å². The van der Waals surface area contributed by atoms with Crippen LogP contribution in [-0.4, -0.2) is 27.6 Å². The Bertz CT molecular complexity index is 1040. The predicted octanol–water partition coefficient (Wildman–Crippen LogP) is 3.09. The van der Waals surface area contributed by atoms with Gasteiger partial charge in [-0.15, -0.1) is 11.3 Å². The van der Waals surface area contributed by atoms with Crippen molar-refractivity contribution in [1.82, 2.24) is 0 Å². The highest BCUT2D eigenvalue weighted by molar-refractivity contribution is 7.89. The molecule has 3 aromatic rings. The molecule has 2 aromatic carbocycles. The Morgan fingerprint density at radius 3 is 2.42 bits per heavy atom. The number of nitrogens with two attached hydrogens (primary N) is 1. The van der Waals surface area contributed by atoms with Crippen molar-refractivity contribution in [2.45, 2.75) is 11.8 Å². The molecule has 0 aliphatic carbocycles. The summed E-state index contributed by atoms with van der Waals surface area (Å²) in [6.45, 7) is 2.15. The van der Waals surface area contributed by atoms with Gasteiger partial charge in [0.2, 0.25) is 10.0 Å². The number of hydrogen-bond donors (Lipinski definition) is 1. The summed E-state index contributed by atoms with van der Waals surface area (Å²) in [7, 11) is -3.73. The summed E-state index contributed by atoms with van der Waals surface area (Å²) >= 11 is 1.41. The number of primary sulfonamides is 1. The number of thiophene rings is 1. The van der Waals surface area contributed by atoms with E-state index in [1.807, 2.05) is 31.2 Å². The second-order valence-electron chi connectivity index (χ2n) is 5.55. The highest BCUT2D eigenvalue weighted by atomic mass is 32.2. The van der Waals surface area contributed by atoms with Gasteiger partial charge in [-0.05, 0) is 48.2 Å². The molecule has 0 aliphatic heterocycles.